The van der Waals surface area contributed by atoms with Gasteiger partial charge in [-0.1, -0.05) is 20.8 Å². The summed E-state index contributed by atoms with van der Waals surface area (Å²) in [5.74, 6) is 0.890. The highest BCUT2D eigenvalue weighted by Crippen LogP contribution is 2.20. The molecule has 2 aromatic rings. The minimum absolute atomic E-state index is 0.394. The third-order valence-electron chi connectivity index (χ3n) is 3.57. The van der Waals surface area contributed by atoms with Crippen LogP contribution in [0.25, 0.3) is 11.2 Å². The van der Waals surface area contributed by atoms with E-state index in [-0.39, 0.29) is 0 Å². The van der Waals surface area contributed by atoms with Crippen LogP contribution in [-0.4, -0.2) is 19.1 Å². The molecule has 0 saturated heterocycles. The summed E-state index contributed by atoms with van der Waals surface area (Å²) in [6, 6.07) is 0. The highest BCUT2D eigenvalue weighted by molar-refractivity contribution is 9.10. The van der Waals surface area contributed by atoms with E-state index in [9.17, 15) is 9.59 Å². The van der Waals surface area contributed by atoms with Gasteiger partial charge in [-0.05, 0) is 27.8 Å². The predicted octanol–water partition coefficient (Wildman–Crippen LogP) is 1.48. The van der Waals surface area contributed by atoms with Crippen molar-refractivity contribution >= 4 is 27.1 Å². The van der Waals surface area contributed by atoms with E-state index in [0.29, 0.717) is 34.3 Å². The number of aryl methyl sites for hydroxylation is 1. The number of H-pyrrole nitrogens is 1. The number of aromatic nitrogens is 4. The molecule has 0 saturated carbocycles. The summed E-state index contributed by atoms with van der Waals surface area (Å²) in [5.41, 5.74) is -0.0168. The molecular formula is C12H17BrN4O2. The number of imidazole rings is 1. The van der Waals surface area contributed by atoms with Crippen molar-refractivity contribution in [1.29, 1.82) is 0 Å². The molecule has 0 amide bonds. The molecule has 0 aliphatic carbocycles. The lowest BCUT2D eigenvalue weighted by Crippen LogP contribution is -2.29. The largest absolute Gasteiger partial charge is 0.329 e. The average molecular weight is 329 g/mol. The van der Waals surface area contributed by atoms with Gasteiger partial charge in [0.15, 0.2) is 15.9 Å². The number of rotatable bonds is 3. The van der Waals surface area contributed by atoms with E-state index in [1.807, 2.05) is 4.57 Å². The fourth-order valence-corrected chi connectivity index (χ4v) is 2.36. The van der Waals surface area contributed by atoms with E-state index in [1.165, 1.54) is 4.57 Å². The molecule has 2 rings (SSSR count). The summed E-state index contributed by atoms with van der Waals surface area (Å²) in [5, 5.41) is 0. The Morgan fingerprint density at radius 3 is 2.53 bits per heavy atom. The fraction of sp³-hybridized carbons (Fsp3) is 0.583. The van der Waals surface area contributed by atoms with Gasteiger partial charge in [0, 0.05) is 13.6 Å². The van der Waals surface area contributed by atoms with Crippen molar-refractivity contribution < 1.29 is 0 Å². The number of nitrogens with one attached hydrogen (secondary N) is 1. The molecular weight excluding hydrogens is 312 g/mol. The smallest absolute Gasteiger partial charge is 0.312 e. The third kappa shape index (κ3) is 2.39. The molecule has 0 aliphatic heterocycles. The van der Waals surface area contributed by atoms with Gasteiger partial charge in [-0.2, -0.15) is 0 Å². The quantitative estimate of drug-likeness (QED) is 0.867. The van der Waals surface area contributed by atoms with Gasteiger partial charge < -0.3 is 4.57 Å². The summed E-state index contributed by atoms with van der Waals surface area (Å²) in [4.78, 5) is 30.1. The highest BCUT2D eigenvalue weighted by atomic mass is 79.9. The maximum absolute atomic E-state index is 12.0. The Balaban J connectivity index is 2.69. The summed E-state index contributed by atoms with van der Waals surface area (Å²) in [7, 11) is 1.59. The van der Waals surface area contributed by atoms with Crippen molar-refractivity contribution in [3.63, 3.8) is 0 Å². The first kappa shape index (κ1) is 14.0. The highest BCUT2D eigenvalue weighted by Gasteiger charge is 2.18. The molecule has 7 heteroatoms. The van der Waals surface area contributed by atoms with E-state index in [0.717, 1.165) is 0 Å². The molecule has 1 atom stereocenters. The van der Waals surface area contributed by atoms with Gasteiger partial charge in [0.1, 0.15) is 0 Å². The summed E-state index contributed by atoms with van der Waals surface area (Å²) < 4.78 is 3.73. The zero-order chi connectivity index (χ0) is 14.3. The van der Waals surface area contributed by atoms with Crippen LogP contribution in [0.15, 0.2) is 14.3 Å². The van der Waals surface area contributed by atoms with E-state index >= 15 is 0 Å². The molecule has 0 bridgehead atoms. The van der Waals surface area contributed by atoms with Crippen LogP contribution in [0.2, 0.25) is 0 Å². The zero-order valence-corrected chi connectivity index (χ0v) is 13.0. The first-order valence-electron chi connectivity index (χ1n) is 6.18. The van der Waals surface area contributed by atoms with Gasteiger partial charge in [0.2, 0.25) is 0 Å². The fourth-order valence-electron chi connectivity index (χ4n) is 1.87. The second-order valence-electron chi connectivity index (χ2n) is 5.20. The maximum Gasteiger partial charge on any atom is 0.329 e. The van der Waals surface area contributed by atoms with Crippen LogP contribution in [0.4, 0.5) is 0 Å². The van der Waals surface area contributed by atoms with Crippen LogP contribution < -0.4 is 11.2 Å². The average Bonchev–Trinajstić information content (AvgIpc) is 2.64. The number of aromatic amines is 1. The van der Waals surface area contributed by atoms with Gasteiger partial charge in [-0.15, -0.1) is 0 Å². The predicted molar refractivity (Wildman–Crippen MR) is 77.3 cm³/mol. The SMILES string of the molecule is CC(C)C(C)Cn1c(Br)nc2c1c(=O)[nH]c(=O)n2C. The number of nitrogens with zero attached hydrogens (tertiary/aromatic N) is 3. The Labute approximate surface area is 118 Å². The summed E-state index contributed by atoms with van der Waals surface area (Å²) in [6.07, 6.45) is 0. The minimum Gasteiger partial charge on any atom is -0.312 e. The molecule has 1 unspecified atom stereocenters. The summed E-state index contributed by atoms with van der Waals surface area (Å²) in [6.45, 7) is 7.07. The third-order valence-corrected chi connectivity index (χ3v) is 4.17. The van der Waals surface area contributed by atoms with E-state index in [4.69, 9.17) is 0 Å². The topological polar surface area (TPSA) is 72.7 Å². The minimum atomic E-state index is -0.452. The second-order valence-corrected chi connectivity index (χ2v) is 5.91. The number of halogens is 1. The molecule has 2 heterocycles. The molecule has 0 aromatic carbocycles. The van der Waals surface area contributed by atoms with Crippen molar-refractivity contribution in [3.8, 4) is 0 Å². The number of fused-ring (bicyclic) bond motifs is 1. The van der Waals surface area contributed by atoms with Gasteiger partial charge >= 0.3 is 5.69 Å². The van der Waals surface area contributed by atoms with Gasteiger partial charge in [-0.3, -0.25) is 14.3 Å². The molecule has 2 aromatic heterocycles. The Bertz CT molecular complexity index is 726. The van der Waals surface area contributed by atoms with E-state index in [2.05, 4.69) is 46.7 Å². The van der Waals surface area contributed by atoms with Crippen molar-refractivity contribution in [2.24, 2.45) is 18.9 Å². The Hall–Kier alpha value is -1.37. The Kier molecular flexibility index (Phi) is 3.66. The van der Waals surface area contributed by atoms with Crippen LogP contribution in [0.3, 0.4) is 0 Å². The first-order chi connectivity index (χ1) is 8.82. The van der Waals surface area contributed by atoms with Crippen molar-refractivity contribution in [2.45, 2.75) is 27.3 Å². The number of hydrogen-bond acceptors (Lipinski definition) is 3. The maximum atomic E-state index is 12.0. The second kappa shape index (κ2) is 4.96. The molecule has 104 valence electrons. The zero-order valence-electron chi connectivity index (χ0n) is 11.4. The Morgan fingerprint density at radius 2 is 1.95 bits per heavy atom. The van der Waals surface area contributed by atoms with Gasteiger partial charge in [0.25, 0.3) is 5.56 Å². The Morgan fingerprint density at radius 1 is 1.32 bits per heavy atom. The van der Waals surface area contributed by atoms with Crippen LogP contribution in [0.1, 0.15) is 20.8 Å². The van der Waals surface area contributed by atoms with E-state index in [1.54, 1.807) is 7.05 Å². The molecule has 0 spiro atoms. The molecule has 0 aliphatic rings. The van der Waals surface area contributed by atoms with Gasteiger partial charge in [-0.25, -0.2) is 9.78 Å². The standard InChI is InChI=1S/C12H17BrN4O2/c1-6(2)7(3)5-17-8-9(14-11(17)13)16(4)12(19)15-10(8)18/h6-7H,5H2,1-4H3,(H,15,18,19). The lowest BCUT2D eigenvalue weighted by Gasteiger charge is -2.16. The van der Waals surface area contributed by atoms with Crippen LogP contribution in [0, 0.1) is 11.8 Å². The first-order valence-corrected chi connectivity index (χ1v) is 6.97. The lowest BCUT2D eigenvalue weighted by atomic mass is 9.98. The number of hydrogen-bond donors (Lipinski definition) is 1. The van der Waals surface area contributed by atoms with Crippen LogP contribution in [0.5, 0.6) is 0 Å². The van der Waals surface area contributed by atoms with Crippen molar-refractivity contribution in [3.05, 3.63) is 25.6 Å². The van der Waals surface area contributed by atoms with Crippen LogP contribution in [-0.2, 0) is 13.6 Å². The van der Waals surface area contributed by atoms with E-state index < -0.39 is 11.2 Å². The van der Waals surface area contributed by atoms with Crippen molar-refractivity contribution in [1.82, 2.24) is 19.1 Å². The molecule has 1 N–H and O–H groups in total. The molecule has 19 heavy (non-hydrogen) atoms. The monoisotopic (exact) mass is 328 g/mol. The summed E-state index contributed by atoms with van der Waals surface area (Å²) >= 11 is 3.36. The molecule has 6 nitrogen and oxygen atoms in total. The van der Waals surface area contributed by atoms with Crippen molar-refractivity contribution in [2.75, 3.05) is 0 Å². The van der Waals surface area contributed by atoms with Gasteiger partial charge in [0.05, 0.1) is 0 Å². The molecule has 0 fully saturated rings. The lowest BCUT2D eigenvalue weighted by molar-refractivity contribution is 0.366. The normalized spacial score (nSPS) is 13.4. The molecule has 0 radical (unpaired) electrons. The van der Waals surface area contributed by atoms with Crippen LogP contribution >= 0.6 is 15.9 Å².